The van der Waals surface area contributed by atoms with Gasteiger partial charge in [-0.15, -0.1) is 0 Å². The molecule has 0 spiro atoms. The highest BCUT2D eigenvalue weighted by Gasteiger charge is 2.18. The fourth-order valence-corrected chi connectivity index (χ4v) is 3.71. The molecule has 3 rings (SSSR count). The number of nitrogens with zero attached hydrogens (tertiary/aromatic N) is 1. The number of fused-ring (bicyclic) bond motifs is 1. The van der Waals surface area contributed by atoms with Gasteiger partial charge in [-0.3, -0.25) is 4.90 Å². The van der Waals surface area contributed by atoms with E-state index in [1.807, 2.05) is 55.5 Å². The highest BCUT2D eigenvalue weighted by molar-refractivity contribution is 6.05. The fourth-order valence-electron chi connectivity index (χ4n) is 3.71. The van der Waals surface area contributed by atoms with E-state index in [9.17, 15) is 4.79 Å². The van der Waals surface area contributed by atoms with Gasteiger partial charge in [0.25, 0.3) is 0 Å². The predicted molar refractivity (Wildman–Crippen MR) is 121 cm³/mol. The van der Waals surface area contributed by atoms with Crippen molar-refractivity contribution >= 4 is 16.9 Å². The summed E-state index contributed by atoms with van der Waals surface area (Å²) in [6.45, 7) is 10.3. The largest absolute Gasteiger partial charge is 0.492 e. The molecule has 0 aliphatic heterocycles. The number of nitrogens with one attached hydrogen (secondary N) is 1. The second-order valence-corrected chi connectivity index (χ2v) is 7.58. The lowest BCUT2D eigenvalue weighted by atomic mass is 10.1. The van der Waals surface area contributed by atoms with Crippen molar-refractivity contribution in [3.63, 3.8) is 0 Å². The summed E-state index contributed by atoms with van der Waals surface area (Å²) in [5, 5.41) is 0.835. The molecular weight excluding hydrogens is 376 g/mol. The number of H-pyrrole nitrogens is 1. The Morgan fingerprint density at radius 1 is 1.00 bits per heavy atom. The van der Waals surface area contributed by atoms with Gasteiger partial charge >= 0.3 is 5.97 Å². The third kappa shape index (κ3) is 5.63. The number of hydrogen-bond donors (Lipinski definition) is 1. The summed E-state index contributed by atoms with van der Waals surface area (Å²) >= 11 is 0. The zero-order chi connectivity index (χ0) is 21.3. The van der Waals surface area contributed by atoms with Gasteiger partial charge in [0.15, 0.2) is 0 Å². The maximum absolute atomic E-state index is 12.8. The van der Waals surface area contributed by atoms with E-state index in [2.05, 4.69) is 23.7 Å². The summed E-state index contributed by atoms with van der Waals surface area (Å²) < 4.78 is 11.6. The molecule has 5 heteroatoms. The number of carbonyl (C=O) groups excluding carboxylic acids is 1. The van der Waals surface area contributed by atoms with Gasteiger partial charge in [0.1, 0.15) is 19.0 Å². The van der Waals surface area contributed by atoms with Crippen LogP contribution >= 0.6 is 0 Å². The minimum absolute atomic E-state index is 0.257. The molecule has 5 nitrogen and oxygen atoms in total. The first kappa shape index (κ1) is 21.9. The minimum Gasteiger partial charge on any atom is -0.492 e. The molecule has 0 aliphatic rings. The van der Waals surface area contributed by atoms with Crippen LogP contribution in [-0.2, 0) is 11.3 Å². The van der Waals surface area contributed by atoms with Crippen molar-refractivity contribution in [1.29, 1.82) is 0 Å². The Kier molecular flexibility index (Phi) is 7.91. The molecule has 1 N–H and O–H groups in total. The SMILES string of the molecule is CCCN(CCC)CCOc1ccc2[nH]c(C)c(C(=O)OCc3ccccc3)c2c1. The van der Waals surface area contributed by atoms with Crippen molar-refractivity contribution in [3.05, 3.63) is 65.4 Å². The summed E-state index contributed by atoms with van der Waals surface area (Å²) in [6.07, 6.45) is 2.28. The average Bonchev–Trinajstić information content (AvgIpc) is 3.08. The summed E-state index contributed by atoms with van der Waals surface area (Å²) in [5.41, 5.74) is 3.25. The minimum atomic E-state index is -0.322. The van der Waals surface area contributed by atoms with E-state index in [0.29, 0.717) is 12.2 Å². The van der Waals surface area contributed by atoms with E-state index >= 15 is 0 Å². The van der Waals surface area contributed by atoms with E-state index in [1.165, 1.54) is 0 Å². The smallest absolute Gasteiger partial charge is 0.340 e. The molecule has 3 aromatic rings. The molecule has 0 atom stereocenters. The highest BCUT2D eigenvalue weighted by atomic mass is 16.5. The highest BCUT2D eigenvalue weighted by Crippen LogP contribution is 2.27. The summed E-state index contributed by atoms with van der Waals surface area (Å²) in [4.78, 5) is 18.5. The zero-order valence-corrected chi connectivity index (χ0v) is 18.2. The van der Waals surface area contributed by atoms with Crippen molar-refractivity contribution in [1.82, 2.24) is 9.88 Å². The number of aromatic amines is 1. The van der Waals surface area contributed by atoms with E-state index in [1.54, 1.807) is 0 Å². The number of esters is 1. The van der Waals surface area contributed by atoms with E-state index in [0.717, 1.165) is 60.4 Å². The van der Waals surface area contributed by atoms with Gasteiger partial charge in [-0.05, 0) is 56.6 Å². The molecule has 0 radical (unpaired) electrons. The molecule has 0 unspecified atom stereocenters. The van der Waals surface area contributed by atoms with Crippen LogP contribution in [0.4, 0.5) is 0 Å². The van der Waals surface area contributed by atoms with Crippen molar-refractivity contribution in [3.8, 4) is 5.75 Å². The van der Waals surface area contributed by atoms with Gasteiger partial charge < -0.3 is 14.5 Å². The standard InChI is InChI=1S/C25H32N2O3/c1-4-13-27(14-5-2)15-16-29-21-11-12-23-22(17-21)24(19(3)26-23)25(28)30-18-20-9-7-6-8-10-20/h6-12,17,26H,4-5,13-16,18H2,1-3H3. The van der Waals surface area contributed by atoms with Crippen LogP contribution in [0.5, 0.6) is 5.75 Å². The van der Waals surface area contributed by atoms with E-state index in [-0.39, 0.29) is 12.6 Å². The number of aromatic nitrogens is 1. The predicted octanol–water partition coefficient (Wildman–Crippen LogP) is 5.33. The Labute approximate surface area is 179 Å². The molecule has 2 aromatic carbocycles. The molecule has 0 fully saturated rings. The van der Waals surface area contributed by atoms with Crippen LogP contribution < -0.4 is 4.74 Å². The molecule has 0 bridgehead atoms. The Morgan fingerprint density at radius 3 is 2.43 bits per heavy atom. The fraction of sp³-hybridized carbons (Fsp3) is 0.400. The van der Waals surface area contributed by atoms with Crippen LogP contribution in [0, 0.1) is 6.92 Å². The molecule has 0 aliphatic carbocycles. The number of hydrogen-bond acceptors (Lipinski definition) is 4. The number of rotatable bonds is 11. The quantitative estimate of drug-likeness (QED) is 0.436. The molecule has 1 heterocycles. The maximum Gasteiger partial charge on any atom is 0.340 e. The molecule has 1 aromatic heterocycles. The Balaban J connectivity index is 1.68. The molecule has 0 saturated carbocycles. The number of benzene rings is 2. The second-order valence-electron chi connectivity index (χ2n) is 7.58. The van der Waals surface area contributed by atoms with Crippen LogP contribution in [0.3, 0.4) is 0 Å². The lowest BCUT2D eigenvalue weighted by Gasteiger charge is -2.20. The average molecular weight is 409 g/mol. The summed E-state index contributed by atoms with van der Waals surface area (Å²) in [5.74, 6) is 0.448. The number of carbonyl (C=O) groups is 1. The van der Waals surface area contributed by atoms with Gasteiger partial charge in [0.05, 0.1) is 5.56 Å². The molecule has 160 valence electrons. The lowest BCUT2D eigenvalue weighted by molar-refractivity contribution is 0.0474. The topological polar surface area (TPSA) is 54.6 Å². The van der Waals surface area contributed by atoms with Crippen LogP contribution in [0.1, 0.15) is 48.3 Å². The van der Waals surface area contributed by atoms with Crippen molar-refractivity contribution < 1.29 is 14.3 Å². The van der Waals surface area contributed by atoms with Crippen LogP contribution in [-0.4, -0.2) is 42.1 Å². The van der Waals surface area contributed by atoms with E-state index < -0.39 is 0 Å². The van der Waals surface area contributed by atoms with Gasteiger partial charge in [-0.1, -0.05) is 44.2 Å². The van der Waals surface area contributed by atoms with Crippen molar-refractivity contribution in [2.45, 2.75) is 40.2 Å². The first-order valence-corrected chi connectivity index (χ1v) is 10.8. The Bertz CT molecular complexity index is 944. The summed E-state index contributed by atoms with van der Waals surface area (Å²) in [6, 6.07) is 15.5. The molecule has 0 amide bonds. The molecular formula is C25H32N2O3. The first-order valence-electron chi connectivity index (χ1n) is 10.8. The third-order valence-corrected chi connectivity index (χ3v) is 5.13. The van der Waals surface area contributed by atoms with Crippen LogP contribution in [0.15, 0.2) is 48.5 Å². The van der Waals surface area contributed by atoms with E-state index in [4.69, 9.17) is 9.47 Å². The summed E-state index contributed by atoms with van der Waals surface area (Å²) in [7, 11) is 0. The normalized spacial score (nSPS) is 11.2. The third-order valence-electron chi connectivity index (χ3n) is 5.13. The van der Waals surface area contributed by atoms with Gasteiger partial charge in [0, 0.05) is 23.1 Å². The van der Waals surface area contributed by atoms with Crippen molar-refractivity contribution in [2.24, 2.45) is 0 Å². The monoisotopic (exact) mass is 408 g/mol. The van der Waals surface area contributed by atoms with Gasteiger partial charge in [-0.25, -0.2) is 4.79 Å². The van der Waals surface area contributed by atoms with Gasteiger partial charge in [0.2, 0.25) is 0 Å². The number of ether oxygens (including phenoxy) is 2. The molecule has 30 heavy (non-hydrogen) atoms. The molecule has 0 saturated heterocycles. The zero-order valence-electron chi connectivity index (χ0n) is 18.2. The van der Waals surface area contributed by atoms with Crippen LogP contribution in [0.25, 0.3) is 10.9 Å². The first-order chi connectivity index (χ1) is 14.6. The second kappa shape index (κ2) is 10.8. The van der Waals surface area contributed by atoms with Gasteiger partial charge in [-0.2, -0.15) is 0 Å². The Morgan fingerprint density at radius 2 is 1.73 bits per heavy atom. The Hall–Kier alpha value is -2.79. The number of aryl methyl sites for hydroxylation is 1. The lowest BCUT2D eigenvalue weighted by Crippen LogP contribution is -2.30. The van der Waals surface area contributed by atoms with Crippen molar-refractivity contribution in [2.75, 3.05) is 26.2 Å². The maximum atomic E-state index is 12.8. The van der Waals surface area contributed by atoms with Crippen LogP contribution in [0.2, 0.25) is 0 Å².